The normalized spacial score (nSPS) is 19.4. The van der Waals surface area contributed by atoms with Gasteiger partial charge in [-0.2, -0.15) is 10.2 Å². The van der Waals surface area contributed by atoms with Crippen molar-refractivity contribution in [3.8, 4) is 6.07 Å². The standard InChI is InChI=1S/C20H24N6/c1-2-22-20-23-11-17-13-25(12-16-7-5-15(10-21)6-8-16)14-18-4-3-9-26(18)19(17)24-20/h5-8,11,18H,2-4,9,12-14H2,1H3,(H,22,23,24)/t18-/m0/s1. The van der Waals surface area contributed by atoms with Crippen LogP contribution in [0.1, 0.15) is 36.5 Å². The summed E-state index contributed by atoms with van der Waals surface area (Å²) in [4.78, 5) is 14.2. The minimum Gasteiger partial charge on any atom is -0.354 e. The van der Waals surface area contributed by atoms with E-state index in [4.69, 9.17) is 10.2 Å². The second-order valence-electron chi connectivity index (χ2n) is 7.04. The molecule has 6 nitrogen and oxygen atoms in total. The first-order valence-corrected chi connectivity index (χ1v) is 9.34. The minimum atomic E-state index is 0.513. The van der Waals surface area contributed by atoms with E-state index in [2.05, 4.69) is 45.2 Å². The maximum atomic E-state index is 8.97. The van der Waals surface area contributed by atoms with E-state index in [9.17, 15) is 0 Å². The average molecular weight is 348 g/mol. The highest BCUT2D eigenvalue weighted by molar-refractivity contribution is 5.52. The molecule has 1 saturated heterocycles. The number of benzene rings is 1. The molecule has 134 valence electrons. The summed E-state index contributed by atoms with van der Waals surface area (Å²) >= 11 is 0. The van der Waals surface area contributed by atoms with Crippen LogP contribution in [0.15, 0.2) is 30.5 Å². The quantitative estimate of drug-likeness (QED) is 0.916. The van der Waals surface area contributed by atoms with Crippen molar-refractivity contribution in [2.75, 3.05) is 29.9 Å². The Morgan fingerprint density at radius 1 is 1.31 bits per heavy atom. The minimum absolute atomic E-state index is 0.513. The summed E-state index contributed by atoms with van der Waals surface area (Å²) in [5, 5.41) is 12.2. The van der Waals surface area contributed by atoms with Crippen LogP contribution >= 0.6 is 0 Å². The highest BCUT2D eigenvalue weighted by atomic mass is 15.3. The van der Waals surface area contributed by atoms with Gasteiger partial charge in [-0.15, -0.1) is 0 Å². The third-order valence-electron chi connectivity index (χ3n) is 5.18. The van der Waals surface area contributed by atoms with E-state index in [0.29, 0.717) is 11.6 Å². The van der Waals surface area contributed by atoms with E-state index >= 15 is 0 Å². The van der Waals surface area contributed by atoms with Crippen molar-refractivity contribution in [3.05, 3.63) is 47.2 Å². The molecular weight excluding hydrogens is 324 g/mol. The Balaban J connectivity index is 1.59. The molecule has 1 aromatic carbocycles. The third-order valence-corrected chi connectivity index (χ3v) is 5.18. The van der Waals surface area contributed by atoms with E-state index in [1.165, 1.54) is 24.0 Å². The highest BCUT2D eigenvalue weighted by Gasteiger charge is 2.32. The summed E-state index contributed by atoms with van der Waals surface area (Å²) in [7, 11) is 0. The van der Waals surface area contributed by atoms with E-state index in [1.54, 1.807) is 0 Å². The van der Waals surface area contributed by atoms with Crippen LogP contribution in [0.4, 0.5) is 11.8 Å². The molecule has 0 unspecified atom stereocenters. The molecule has 2 aromatic rings. The number of nitrogens with one attached hydrogen (secondary N) is 1. The van der Waals surface area contributed by atoms with E-state index in [1.807, 2.05) is 18.3 Å². The zero-order valence-electron chi connectivity index (χ0n) is 15.1. The second-order valence-corrected chi connectivity index (χ2v) is 7.04. The monoisotopic (exact) mass is 348 g/mol. The van der Waals surface area contributed by atoms with E-state index in [0.717, 1.165) is 44.5 Å². The summed E-state index contributed by atoms with van der Waals surface area (Å²) in [5.41, 5.74) is 3.15. The van der Waals surface area contributed by atoms with Crippen molar-refractivity contribution in [1.29, 1.82) is 5.26 Å². The van der Waals surface area contributed by atoms with Gasteiger partial charge in [-0.3, -0.25) is 4.90 Å². The van der Waals surface area contributed by atoms with Crippen LogP contribution in [0, 0.1) is 11.3 Å². The lowest BCUT2D eigenvalue weighted by Crippen LogP contribution is -2.37. The molecule has 0 radical (unpaired) electrons. The fourth-order valence-electron chi connectivity index (χ4n) is 3.97. The molecule has 1 fully saturated rings. The molecule has 1 atom stereocenters. The maximum Gasteiger partial charge on any atom is 0.224 e. The Bertz CT molecular complexity index is 810. The van der Waals surface area contributed by atoms with Crippen LogP contribution in [0.3, 0.4) is 0 Å². The molecule has 1 N–H and O–H groups in total. The number of anilines is 2. The number of rotatable bonds is 4. The fraction of sp³-hybridized carbons (Fsp3) is 0.450. The number of hydrogen-bond acceptors (Lipinski definition) is 6. The first kappa shape index (κ1) is 16.8. The van der Waals surface area contributed by atoms with Gasteiger partial charge in [0.2, 0.25) is 5.95 Å². The Hall–Kier alpha value is -2.65. The topological polar surface area (TPSA) is 68.1 Å². The first-order chi connectivity index (χ1) is 12.8. The van der Waals surface area contributed by atoms with Gasteiger partial charge >= 0.3 is 0 Å². The van der Waals surface area contributed by atoms with Gasteiger partial charge in [-0.05, 0) is 37.5 Å². The third kappa shape index (κ3) is 3.35. The molecule has 0 spiro atoms. The van der Waals surface area contributed by atoms with Gasteiger partial charge in [0.05, 0.1) is 11.6 Å². The zero-order chi connectivity index (χ0) is 17.9. The Morgan fingerprint density at radius 2 is 2.15 bits per heavy atom. The molecule has 0 amide bonds. The number of nitriles is 1. The molecule has 0 saturated carbocycles. The number of fused-ring (bicyclic) bond motifs is 3. The summed E-state index contributed by atoms with van der Waals surface area (Å²) < 4.78 is 0. The average Bonchev–Trinajstić information content (AvgIpc) is 3.06. The van der Waals surface area contributed by atoms with Gasteiger partial charge in [-0.25, -0.2) is 4.98 Å². The molecule has 0 bridgehead atoms. The van der Waals surface area contributed by atoms with Crippen molar-refractivity contribution in [3.63, 3.8) is 0 Å². The largest absolute Gasteiger partial charge is 0.354 e. The van der Waals surface area contributed by atoms with Gasteiger partial charge in [-0.1, -0.05) is 12.1 Å². The van der Waals surface area contributed by atoms with Crippen molar-refractivity contribution < 1.29 is 0 Å². The smallest absolute Gasteiger partial charge is 0.224 e. The molecule has 6 heteroatoms. The molecule has 0 aliphatic carbocycles. The highest BCUT2D eigenvalue weighted by Crippen LogP contribution is 2.32. The predicted molar refractivity (Wildman–Crippen MR) is 102 cm³/mol. The second kappa shape index (κ2) is 7.30. The van der Waals surface area contributed by atoms with Crippen molar-refractivity contribution in [2.24, 2.45) is 0 Å². The summed E-state index contributed by atoms with van der Waals surface area (Å²) in [5.74, 6) is 1.82. The van der Waals surface area contributed by atoms with Crippen LogP contribution in [0.5, 0.6) is 0 Å². The van der Waals surface area contributed by atoms with Crippen LogP contribution < -0.4 is 10.2 Å². The lowest BCUT2D eigenvalue weighted by molar-refractivity contribution is 0.247. The lowest BCUT2D eigenvalue weighted by atomic mass is 10.1. The van der Waals surface area contributed by atoms with Crippen molar-refractivity contribution in [2.45, 2.75) is 38.9 Å². The number of aromatic nitrogens is 2. The molecule has 4 rings (SSSR count). The number of hydrogen-bond donors (Lipinski definition) is 1. The van der Waals surface area contributed by atoms with Crippen LogP contribution in [0.2, 0.25) is 0 Å². The van der Waals surface area contributed by atoms with Gasteiger partial charge in [0, 0.05) is 50.5 Å². The van der Waals surface area contributed by atoms with Gasteiger partial charge < -0.3 is 10.2 Å². The Kier molecular flexibility index (Phi) is 4.72. The first-order valence-electron chi connectivity index (χ1n) is 9.34. The maximum absolute atomic E-state index is 8.97. The van der Waals surface area contributed by atoms with Gasteiger partial charge in [0.15, 0.2) is 0 Å². The summed E-state index contributed by atoms with van der Waals surface area (Å²) in [6.45, 7) is 6.73. The molecule has 26 heavy (non-hydrogen) atoms. The van der Waals surface area contributed by atoms with Crippen molar-refractivity contribution in [1.82, 2.24) is 14.9 Å². The molecule has 1 aromatic heterocycles. The predicted octanol–water partition coefficient (Wildman–Crippen LogP) is 2.76. The Morgan fingerprint density at radius 3 is 2.92 bits per heavy atom. The fourth-order valence-corrected chi connectivity index (χ4v) is 3.97. The SMILES string of the molecule is CCNc1ncc2c(n1)N1CCC[C@H]1CN(Cc1ccc(C#N)cc1)C2. The van der Waals surface area contributed by atoms with Gasteiger partial charge in [0.1, 0.15) is 5.82 Å². The molecule has 2 aliphatic heterocycles. The lowest BCUT2D eigenvalue weighted by Gasteiger charge is -2.27. The summed E-state index contributed by atoms with van der Waals surface area (Å²) in [6.07, 6.45) is 4.41. The Labute approximate surface area is 154 Å². The van der Waals surface area contributed by atoms with Crippen LogP contribution in [0.25, 0.3) is 0 Å². The molecule has 2 aliphatic rings. The summed E-state index contributed by atoms with van der Waals surface area (Å²) in [6, 6.07) is 10.6. The van der Waals surface area contributed by atoms with E-state index < -0.39 is 0 Å². The molecular formula is C20H24N6. The zero-order valence-corrected chi connectivity index (χ0v) is 15.1. The van der Waals surface area contributed by atoms with Crippen LogP contribution in [-0.2, 0) is 13.1 Å². The van der Waals surface area contributed by atoms with E-state index in [-0.39, 0.29) is 0 Å². The van der Waals surface area contributed by atoms with Crippen molar-refractivity contribution >= 4 is 11.8 Å². The number of nitrogens with zero attached hydrogens (tertiary/aromatic N) is 5. The molecule has 3 heterocycles. The van der Waals surface area contributed by atoms with Crippen LogP contribution in [-0.4, -0.2) is 40.5 Å². The van der Waals surface area contributed by atoms with Gasteiger partial charge in [0.25, 0.3) is 0 Å².